The molecule has 7 nitrogen and oxygen atoms in total. The third-order valence-corrected chi connectivity index (χ3v) is 2.49. The molecule has 0 spiro atoms. The van der Waals surface area contributed by atoms with E-state index in [2.05, 4.69) is 4.74 Å². The predicted octanol–water partition coefficient (Wildman–Crippen LogP) is 1.21. The van der Waals surface area contributed by atoms with Crippen molar-refractivity contribution in [2.24, 2.45) is 0 Å². The molecule has 0 radical (unpaired) electrons. The van der Waals surface area contributed by atoms with Crippen molar-refractivity contribution in [3.05, 3.63) is 39.9 Å². The number of esters is 1. The molecular weight excluding hydrogens is 242 g/mol. The molecule has 0 saturated carbocycles. The lowest BCUT2D eigenvalue weighted by molar-refractivity contribution is -0.384. The van der Waals surface area contributed by atoms with Crippen LogP contribution in [0.3, 0.4) is 0 Å². The molecule has 0 aliphatic carbocycles. The molecule has 0 unspecified atom stereocenters. The second kappa shape index (κ2) is 5.56. The number of carbonyl (C=O) groups is 1. The summed E-state index contributed by atoms with van der Waals surface area (Å²) in [7, 11) is 3.75. The molecule has 1 rings (SSSR count). The first-order valence-corrected chi connectivity index (χ1v) is 4.95. The van der Waals surface area contributed by atoms with Crippen molar-refractivity contribution >= 4 is 11.7 Å². The number of hydrogen-bond acceptors (Lipinski definition) is 6. The first-order valence-electron chi connectivity index (χ1n) is 4.95. The van der Waals surface area contributed by atoms with Gasteiger partial charge in [-0.2, -0.15) is 0 Å². The number of hydrogen-bond donors (Lipinski definition) is 0. The van der Waals surface area contributed by atoms with Crippen LogP contribution in [0.4, 0.5) is 5.69 Å². The van der Waals surface area contributed by atoms with Gasteiger partial charge in [-0.25, -0.2) is 4.79 Å². The first kappa shape index (κ1) is 14.1. The van der Waals surface area contributed by atoms with Crippen LogP contribution in [0.5, 0.6) is 0 Å². The molecule has 0 heterocycles. The van der Waals surface area contributed by atoms with Crippen LogP contribution in [0.15, 0.2) is 24.3 Å². The molecule has 1 aromatic carbocycles. The van der Waals surface area contributed by atoms with Crippen LogP contribution in [0.25, 0.3) is 0 Å². The maximum atomic E-state index is 11.7. The van der Waals surface area contributed by atoms with E-state index in [1.54, 1.807) is 0 Å². The third kappa shape index (κ3) is 2.31. The lowest BCUT2D eigenvalue weighted by Crippen LogP contribution is -2.40. The lowest BCUT2D eigenvalue weighted by Gasteiger charge is -2.27. The molecule has 1 aromatic rings. The van der Waals surface area contributed by atoms with Crippen molar-refractivity contribution in [2.45, 2.75) is 5.79 Å². The Balaban J connectivity index is 3.22. The standard InChI is InChI=1S/C11H13NO6/c1-16-10(13)11(17-2,18-3)8-4-6-9(7-5-8)12(14)15/h4-7H,1-3H3. The Hall–Kier alpha value is -1.99. The molecule has 0 atom stereocenters. The summed E-state index contributed by atoms with van der Waals surface area (Å²) in [4.78, 5) is 21.7. The SMILES string of the molecule is COC(=O)C(OC)(OC)c1ccc([N+](=O)[O-])cc1. The average molecular weight is 255 g/mol. The van der Waals surface area contributed by atoms with Gasteiger partial charge in [0, 0.05) is 31.9 Å². The normalized spacial score (nSPS) is 11.1. The summed E-state index contributed by atoms with van der Waals surface area (Å²) in [5.74, 6) is -2.47. The molecule has 0 aliphatic heterocycles. The molecule has 0 aromatic heterocycles. The third-order valence-electron chi connectivity index (χ3n) is 2.49. The highest BCUT2D eigenvalue weighted by molar-refractivity contribution is 5.79. The monoisotopic (exact) mass is 255 g/mol. The van der Waals surface area contributed by atoms with E-state index in [0.29, 0.717) is 5.56 Å². The molecule has 0 fully saturated rings. The Morgan fingerprint density at radius 3 is 2.00 bits per heavy atom. The van der Waals surface area contributed by atoms with E-state index in [1.165, 1.54) is 45.6 Å². The van der Waals surface area contributed by atoms with E-state index in [4.69, 9.17) is 9.47 Å². The molecule has 0 N–H and O–H groups in total. The highest BCUT2D eigenvalue weighted by Gasteiger charge is 2.42. The zero-order valence-corrected chi connectivity index (χ0v) is 10.2. The highest BCUT2D eigenvalue weighted by Crippen LogP contribution is 2.29. The van der Waals surface area contributed by atoms with E-state index in [0.717, 1.165) is 0 Å². The Morgan fingerprint density at radius 1 is 1.17 bits per heavy atom. The Labute approximate surface area is 103 Å². The number of methoxy groups -OCH3 is 3. The highest BCUT2D eigenvalue weighted by atomic mass is 16.7. The minimum Gasteiger partial charge on any atom is -0.465 e. The van der Waals surface area contributed by atoms with Crippen molar-refractivity contribution in [1.29, 1.82) is 0 Å². The fourth-order valence-electron chi connectivity index (χ4n) is 1.54. The van der Waals surface area contributed by atoms with Gasteiger partial charge in [-0.1, -0.05) is 0 Å². The van der Waals surface area contributed by atoms with Crippen LogP contribution in [0.1, 0.15) is 5.56 Å². The summed E-state index contributed by atoms with van der Waals surface area (Å²) >= 11 is 0. The van der Waals surface area contributed by atoms with E-state index < -0.39 is 16.7 Å². The van der Waals surface area contributed by atoms with Gasteiger partial charge in [0.1, 0.15) is 0 Å². The first-order chi connectivity index (χ1) is 8.51. The number of benzene rings is 1. The van der Waals surface area contributed by atoms with Gasteiger partial charge in [-0.05, 0) is 12.1 Å². The van der Waals surface area contributed by atoms with Crippen LogP contribution in [-0.2, 0) is 24.8 Å². The molecule has 7 heteroatoms. The van der Waals surface area contributed by atoms with Gasteiger partial charge in [0.25, 0.3) is 11.5 Å². The molecule has 18 heavy (non-hydrogen) atoms. The van der Waals surface area contributed by atoms with E-state index >= 15 is 0 Å². The van der Waals surface area contributed by atoms with Crippen LogP contribution in [-0.4, -0.2) is 32.2 Å². The number of nitro benzene ring substituents is 1. The number of nitro groups is 1. The van der Waals surface area contributed by atoms with Gasteiger partial charge in [0.2, 0.25) is 0 Å². The molecule has 0 saturated heterocycles. The maximum Gasteiger partial charge on any atom is 0.371 e. The van der Waals surface area contributed by atoms with Crippen molar-refractivity contribution in [3.8, 4) is 0 Å². The summed E-state index contributed by atoms with van der Waals surface area (Å²) in [6.45, 7) is 0. The number of carbonyl (C=O) groups excluding carboxylic acids is 1. The summed E-state index contributed by atoms with van der Waals surface area (Å²) in [5.41, 5.74) is 0.217. The zero-order chi connectivity index (χ0) is 13.8. The van der Waals surface area contributed by atoms with Crippen LogP contribution in [0.2, 0.25) is 0 Å². The van der Waals surface area contributed by atoms with Crippen molar-refractivity contribution in [1.82, 2.24) is 0 Å². The smallest absolute Gasteiger partial charge is 0.371 e. The predicted molar refractivity (Wildman–Crippen MR) is 60.8 cm³/mol. The lowest BCUT2D eigenvalue weighted by atomic mass is 10.1. The van der Waals surface area contributed by atoms with Crippen molar-refractivity contribution in [2.75, 3.05) is 21.3 Å². The summed E-state index contributed by atoms with van der Waals surface area (Å²) < 4.78 is 14.7. The van der Waals surface area contributed by atoms with Crippen LogP contribution in [0, 0.1) is 10.1 Å². The number of nitrogens with zero attached hydrogens (tertiary/aromatic N) is 1. The summed E-state index contributed by atoms with van der Waals surface area (Å²) in [6.07, 6.45) is 0. The quantitative estimate of drug-likeness (QED) is 0.340. The fourth-order valence-corrected chi connectivity index (χ4v) is 1.54. The average Bonchev–Trinajstić information content (AvgIpc) is 2.41. The topological polar surface area (TPSA) is 87.9 Å². The van der Waals surface area contributed by atoms with Gasteiger partial charge in [0.05, 0.1) is 12.0 Å². The molecule has 0 bridgehead atoms. The van der Waals surface area contributed by atoms with E-state index in [-0.39, 0.29) is 5.69 Å². The molecule has 0 amide bonds. The van der Waals surface area contributed by atoms with Gasteiger partial charge < -0.3 is 14.2 Å². The number of rotatable bonds is 5. The molecule has 98 valence electrons. The second-order valence-corrected chi connectivity index (χ2v) is 3.32. The van der Waals surface area contributed by atoms with E-state index in [1.807, 2.05) is 0 Å². The summed E-state index contributed by atoms with van der Waals surface area (Å²) in [6, 6.07) is 5.26. The van der Waals surface area contributed by atoms with Gasteiger partial charge >= 0.3 is 5.97 Å². The largest absolute Gasteiger partial charge is 0.465 e. The summed E-state index contributed by atoms with van der Waals surface area (Å²) in [5, 5.41) is 10.5. The Kier molecular flexibility index (Phi) is 4.35. The fraction of sp³-hybridized carbons (Fsp3) is 0.364. The second-order valence-electron chi connectivity index (χ2n) is 3.32. The number of non-ortho nitro benzene ring substituents is 1. The van der Waals surface area contributed by atoms with Gasteiger partial charge in [0.15, 0.2) is 0 Å². The Morgan fingerprint density at radius 2 is 1.67 bits per heavy atom. The van der Waals surface area contributed by atoms with Crippen molar-refractivity contribution < 1.29 is 23.9 Å². The molecular formula is C11H13NO6. The zero-order valence-electron chi connectivity index (χ0n) is 10.2. The van der Waals surface area contributed by atoms with Crippen LogP contribution >= 0.6 is 0 Å². The van der Waals surface area contributed by atoms with Crippen molar-refractivity contribution in [3.63, 3.8) is 0 Å². The van der Waals surface area contributed by atoms with Gasteiger partial charge in [-0.3, -0.25) is 10.1 Å². The minimum absolute atomic E-state index is 0.0929. The molecule has 0 aliphatic rings. The maximum absolute atomic E-state index is 11.7. The minimum atomic E-state index is -1.72. The van der Waals surface area contributed by atoms with Crippen LogP contribution < -0.4 is 0 Å². The number of ether oxygens (including phenoxy) is 3. The Bertz CT molecular complexity index is 437. The van der Waals surface area contributed by atoms with E-state index in [9.17, 15) is 14.9 Å². The van der Waals surface area contributed by atoms with Gasteiger partial charge in [-0.15, -0.1) is 0 Å².